The smallest absolute Gasteiger partial charge is 0.222 e. The minimum atomic E-state index is 0.289. The number of rotatable bonds is 4. The average molecular weight is 295 g/mol. The van der Waals surface area contributed by atoms with Crippen LogP contribution >= 0.6 is 11.6 Å². The molecule has 0 aliphatic carbocycles. The van der Waals surface area contributed by atoms with Gasteiger partial charge in [0.1, 0.15) is 0 Å². The van der Waals surface area contributed by atoms with E-state index in [4.69, 9.17) is 11.6 Å². The second kappa shape index (κ2) is 6.98. The Balaban J connectivity index is 1.86. The van der Waals surface area contributed by atoms with E-state index < -0.39 is 0 Å². The van der Waals surface area contributed by atoms with Crippen LogP contribution in [0, 0.1) is 5.92 Å². The molecule has 0 atom stereocenters. The van der Waals surface area contributed by atoms with E-state index in [0.717, 1.165) is 43.3 Å². The van der Waals surface area contributed by atoms with Crippen molar-refractivity contribution in [3.63, 3.8) is 0 Å². The first-order valence-electron chi connectivity index (χ1n) is 7.35. The summed E-state index contributed by atoms with van der Waals surface area (Å²) in [5.74, 6) is 0.876. The first-order chi connectivity index (χ1) is 9.58. The van der Waals surface area contributed by atoms with Crippen LogP contribution in [-0.2, 0) is 4.79 Å². The average Bonchev–Trinajstić information content (AvgIpc) is 2.45. The topological polar surface area (TPSA) is 23.6 Å². The van der Waals surface area contributed by atoms with Gasteiger partial charge in [-0.3, -0.25) is 4.79 Å². The number of anilines is 1. The van der Waals surface area contributed by atoms with Crippen molar-refractivity contribution in [1.82, 2.24) is 4.90 Å². The summed E-state index contributed by atoms with van der Waals surface area (Å²) in [6.45, 7) is 7.61. The van der Waals surface area contributed by atoms with Crippen LogP contribution < -0.4 is 4.90 Å². The van der Waals surface area contributed by atoms with Crippen molar-refractivity contribution in [3.05, 3.63) is 29.3 Å². The third kappa shape index (κ3) is 3.89. The lowest BCUT2D eigenvalue weighted by molar-refractivity contribution is -0.131. The molecule has 1 aromatic rings. The Morgan fingerprint density at radius 2 is 1.85 bits per heavy atom. The molecule has 0 saturated carbocycles. The number of carbonyl (C=O) groups is 1. The minimum absolute atomic E-state index is 0.289. The van der Waals surface area contributed by atoms with Gasteiger partial charge in [-0.2, -0.15) is 0 Å². The zero-order valence-corrected chi connectivity index (χ0v) is 13.1. The fraction of sp³-hybridized carbons (Fsp3) is 0.562. The highest BCUT2D eigenvalue weighted by molar-refractivity contribution is 6.33. The zero-order chi connectivity index (χ0) is 14.5. The Morgan fingerprint density at radius 1 is 1.20 bits per heavy atom. The van der Waals surface area contributed by atoms with E-state index >= 15 is 0 Å². The lowest BCUT2D eigenvalue weighted by Crippen LogP contribution is -2.48. The van der Waals surface area contributed by atoms with E-state index in [9.17, 15) is 4.79 Å². The van der Waals surface area contributed by atoms with Gasteiger partial charge in [0, 0.05) is 32.6 Å². The third-order valence-corrected chi connectivity index (χ3v) is 4.08. The number of halogens is 1. The van der Waals surface area contributed by atoms with Gasteiger partial charge in [0.05, 0.1) is 10.7 Å². The van der Waals surface area contributed by atoms with Gasteiger partial charge >= 0.3 is 0 Å². The predicted molar refractivity (Wildman–Crippen MR) is 84.3 cm³/mol. The molecule has 1 aromatic carbocycles. The number of amides is 1. The number of piperazine rings is 1. The molecule has 0 unspecified atom stereocenters. The minimum Gasteiger partial charge on any atom is -0.367 e. The number of carbonyl (C=O) groups excluding carboxylic acids is 1. The van der Waals surface area contributed by atoms with Crippen LogP contribution in [0.3, 0.4) is 0 Å². The van der Waals surface area contributed by atoms with Gasteiger partial charge in [-0.05, 0) is 24.5 Å². The van der Waals surface area contributed by atoms with Gasteiger partial charge in [0.15, 0.2) is 0 Å². The van der Waals surface area contributed by atoms with Crippen LogP contribution in [0.25, 0.3) is 0 Å². The summed E-state index contributed by atoms with van der Waals surface area (Å²) in [5, 5.41) is 0.784. The Hall–Kier alpha value is -1.22. The maximum absolute atomic E-state index is 12.1. The molecule has 0 bridgehead atoms. The van der Waals surface area contributed by atoms with Gasteiger partial charge in [-0.1, -0.05) is 37.6 Å². The molecular weight excluding hydrogens is 272 g/mol. The summed E-state index contributed by atoms with van der Waals surface area (Å²) < 4.78 is 0. The molecule has 1 aliphatic rings. The Bertz CT molecular complexity index is 454. The molecule has 1 heterocycles. The molecule has 1 aliphatic heterocycles. The SMILES string of the molecule is CC(C)CCC(=O)N1CCN(c2ccccc2Cl)CC1. The molecule has 0 radical (unpaired) electrons. The van der Waals surface area contributed by atoms with Crippen molar-refractivity contribution in [1.29, 1.82) is 0 Å². The highest BCUT2D eigenvalue weighted by atomic mass is 35.5. The van der Waals surface area contributed by atoms with Crippen LogP contribution in [-0.4, -0.2) is 37.0 Å². The molecule has 1 fully saturated rings. The maximum Gasteiger partial charge on any atom is 0.222 e. The van der Waals surface area contributed by atoms with Crippen molar-refractivity contribution in [3.8, 4) is 0 Å². The van der Waals surface area contributed by atoms with E-state index in [0.29, 0.717) is 12.3 Å². The van der Waals surface area contributed by atoms with Crippen molar-refractivity contribution in [2.45, 2.75) is 26.7 Å². The molecule has 4 heteroatoms. The van der Waals surface area contributed by atoms with Crippen LogP contribution in [0.4, 0.5) is 5.69 Å². The molecule has 0 spiro atoms. The maximum atomic E-state index is 12.1. The van der Waals surface area contributed by atoms with Crippen molar-refractivity contribution >= 4 is 23.2 Å². The molecule has 0 N–H and O–H groups in total. The van der Waals surface area contributed by atoms with Gasteiger partial charge in [0.2, 0.25) is 5.91 Å². The number of hydrogen-bond acceptors (Lipinski definition) is 2. The third-order valence-electron chi connectivity index (χ3n) is 3.76. The highest BCUT2D eigenvalue weighted by Crippen LogP contribution is 2.26. The summed E-state index contributed by atoms with van der Waals surface area (Å²) in [7, 11) is 0. The molecule has 2 rings (SSSR count). The first-order valence-corrected chi connectivity index (χ1v) is 7.73. The molecule has 3 nitrogen and oxygen atoms in total. The second-order valence-corrected chi connectivity index (χ2v) is 6.16. The number of benzene rings is 1. The van der Waals surface area contributed by atoms with Crippen molar-refractivity contribution in [2.24, 2.45) is 5.92 Å². The van der Waals surface area contributed by atoms with E-state index in [-0.39, 0.29) is 5.91 Å². The van der Waals surface area contributed by atoms with E-state index in [1.54, 1.807) is 0 Å². The molecule has 0 aromatic heterocycles. The molecular formula is C16H23ClN2O. The van der Waals surface area contributed by atoms with Crippen LogP contribution in [0.5, 0.6) is 0 Å². The number of hydrogen-bond donors (Lipinski definition) is 0. The van der Waals surface area contributed by atoms with E-state index in [2.05, 4.69) is 18.7 Å². The zero-order valence-electron chi connectivity index (χ0n) is 12.3. The van der Waals surface area contributed by atoms with Crippen LogP contribution in [0.2, 0.25) is 5.02 Å². The highest BCUT2D eigenvalue weighted by Gasteiger charge is 2.22. The lowest BCUT2D eigenvalue weighted by Gasteiger charge is -2.36. The summed E-state index contributed by atoms with van der Waals surface area (Å²) >= 11 is 6.22. The standard InChI is InChI=1S/C16H23ClN2O/c1-13(2)7-8-16(20)19-11-9-18(10-12-19)15-6-4-3-5-14(15)17/h3-6,13H,7-12H2,1-2H3. The van der Waals surface area contributed by atoms with Crippen LogP contribution in [0.15, 0.2) is 24.3 Å². The lowest BCUT2D eigenvalue weighted by atomic mass is 10.1. The van der Waals surface area contributed by atoms with Crippen molar-refractivity contribution < 1.29 is 4.79 Å². The molecule has 20 heavy (non-hydrogen) atoms. The van der Waals surface area contributed by atoms with Crippen molar-refractivity contribution in [2.75, 3.05) is 31.1 Å². The second-order valence-electron chi connectivity index (χ2n) is 5.75. The van der Waals surface area contributed by atoms with E-state index in [1.165, 1.54) is 0 Å². The summed E-state index contributed by atoms with van der Waals surface area (Å²) in [5.41, 5.74) is 1.07. The quantitative estimate of drug-likeness (QED) is 0.849. The Kier molecular flexibility index (Phi) is 5.30. The fourth-order valence-electron chi connectivity index (χ4n) is 2.48. The number of nitrogens with zero attached hydrogens (tertiary/aromatic N) is 2. The van der Waals surface area contributed by atoms with Gasteiger partial charge in [-0.15, -0.1) is 0 Å². The monoisotopic (exact) mass is 294 g/mol. The fourth-order valence-corrected chi connectivity index (χ4v) is 2.73. The Morgan fingerprint density at radius 3 is 2.45 bits per heavy atom. The van der Waals surface area contributed by atoms with E-state index in [1.807, 2.05) is 29.2 Å². The van der Waals surface area contributed by atoms with Gasteiger partial charge in [-0.25, -0.2) is 0 Å². The summed E-state index contributed by atoms with van der Waals surface area (Å²) in [6.07, 6.45) is 1.65. The summed E-state index contributed by atoms with van der Waals surface area (Å²) in [6, 6.07) is 7.90. The predicted octanol–water partition coefficient (Wildman–Crippen LogP) is 3.42. The molecule has 1 saturated heterocycles. The van der Waals surface area contributed by atoms with Gasteiger partial charge in [0.25, 0.3) is 0 Å². The molecule has 110 valence electrons. The van der Waals surface area contributed by atoms with Crippen LogP contribution in [0.1, 0.15) is 26.7 Å². The summed E-state index contributed by atoms with van der Waals surface area (Å²) in [4.78, 5) is 16.3. The van der Waals surface area contributed by atoms with Gasteiger partial charge < -0.3 is 9.80 Å². The molecule has 1 amide bonds. The number of para-hydroxylation sites is 1. The first kappa shape index (κ1) is 15.2. The normalized spacial score (nSPS) is 15.8. The Labute approximate surface area is 126 Å². The largest absolute Gasteiger partial charge is 0.367 e.